The van der Waals surface area contributed by atoms with Crippen molar-refractivity contribution in [3.63, 3.8) is 0 Å². The van der Waals surface area contributed by atoms with Crippen LogP contribution in [0.15, 0.2) is 59.5 Å². The predicted octanol–water partition coefficient (Wildman–Crippen LogP) is 4.81. The minimum Gasteiger partial charge on any atom is -0.337 e. The van der Waals surface area contributed by atoms with Gasteiger partial charge in [-0.1, -0.05) is 0 Å². The van der Waals surface area contributed by atoms with Gasteiger partial charge in [0.25, 0.3) is 0 Å². The summed E-state index contributed by atoms with van der Waals surface area (Å²) in [7, 11) is 1.81. The number of aromatic nitrogens is 2. The molecule has 0 bridgehead atoms. The molecule has 3 rings (SSSR count). The van der Waals surface area contributed by atoms with Crippen LogP contribution in [0.4, 0.5) is 4.39 Å². The van der Waals surface area contributed by atoms with Gasteiger partial charge in [-0.15, -0.1) is 11.8 Å². The standard InChI is InChI=1S/C20H22FN3S/c1-14-20(15-6-10-23-11-7-15)18-12-17(25-3)4-5-19(18)24(14)13-16(21)8-9-22-2/h4-8,10-12,22H,9,13H2,1-3H3/b16-8-. The van der Waals surface area contributed by atoms with E-state index in [0.29, 0.717) is 6.54 Å². The molecule has 3 aromatic rings. The predicted molar refractivity (Wildman–Crippen MR) is 105 cm³/mol. The van der Waals surface area contributed by atoms with E-state index in [4.69, 9.17) is 0 Å². The normalized spacial score (nSPS) is 12.1. The first-order valence-electron chi connectivity index (χ1n) is 8.22. The Morgan fingerprint density at radius 1 is 1.28 bits per heavy atom. The largest absolute Gasteiger partial charge is 0.337 e. The molecule has 0 aliphatic heterocycles. The van der Waals surface area contributed by atoms with Gasteiger partial charge >= 0.3 is 0 Å². The highest BCUT2D eigenvalue weighted by atomic mass is 32.2. The SMILES string of the molecule is CNC/C=C(\F)Cn1c(C)c(-c2ccncc2)c2cc(SC)ccc21. The molecule has 2 heterocycles. The highest BCUT2D eigenvalue weighted by Crippen LogP contribution is 2.36. The van der Waals surface area contributed by atoms with Crippen LogP contribution in [0.1, 0.15) is 5.69 Å². The number of rotatable bonds is 6. The van der Waals surface area contributed by atoms with Gasteiger partial charge in [0.2, 0.25) is 0 Å². The number of nitrogens with one attached hydrogen (secondary N) is 1. The number of fused-ring (bicyclic) bond motifs is 1. The lowest BCUT2D eigenvalue weighted by Crippen LogP contribution is -2.07. The summed E-state index contributed by atoms with van der Waals surface area (Å²) < 4.78 is 16.4. The third kappa shape index (κ3) is 3.62. The molecule has 0 saturated heterocycles. The zero-order valence-corrected chi connectivity index (χ0v) is 15.5. The zero-order valence-electron chi connectivity index (χ0n) is 14.7. The number of halogens is 1. The summed E-state index contributed by atoms with van der Waals surface area (Å²) in [5, 5.41) is 4.10. The number of benzene rings is 1. The molecule has 5 heteroatoms. The average molecular weight is 355 g/mol. The monoisotopic (exact) mass is 355 g/mol. The Balaban J connectivity index is 2.19. The molecule has 3 nitrogen and oxygen atoms in total. The maximum atomic E-state index is 14.3. The first-order chi connectivity index (χ1) is 12.2. The lowest BCUT2D eigenvalue weighted by molar-refractivity contribution is 0.553. The van der Waals surface area contributed by atoms with Gasteiger partial charge in [-0.05, 0) is 62.2 Å². The van der Waals surface area contributed by atoms with E-state index in [1.807, 2.05) is 19.2 Å². The molecule has 0 aliphatic rings. The van der Waals surface area contributed by atoms with Gasteiger partial charge in [0.05, 0.1) is 6.54 Å². The van der Waals surface area contributed by atoms with E-state index in [1.54, 1.807) is 30.2 Å². The van der Waals surface area contributed by atoms with E-state index in [9.17, 15) is 4.39 Å². The fourth-order valence-electron chi connectivity index (χ4n) is 3.10. The molecule has 2 aromatic heterocycles. The molecule has 0 saturated carbocycles. The number of hydrogen-bond acceptors (Lipinski definition) is 3. The summed E-state index contributed by atoms with van der Waals surface area (Å²) in [6, 6.07) is 10.4. The van der Waals surface area contributed by atoms with Crippen molar-refractivity contribution >= 4 is 22.7 Å². The van der Waals surface area contributed by atoms with Gasteiger partial charge in [-0.2, -0.15) is 0 Å². The Morgan fingerprint density at radius 3 is 2.72 bits per heavy atom. The van der Waals surface area contributed by atoms with Gasteiger partial charge in [0.1, 0.15) is 5.83 Å². The molecule has 25 heavy (non-hydrogen) atoms. The molecule has 0 amide bonds. The van der Waals surface area contributed by atoms with Crippen molar-refractivity contribution in [2.75, 3.05) is 19.8 Å². The summed E-state index contributed by atoms with van der Waals surface area (Å²) in [5.74, 6) is -0.135. The second-order valence-electron chi connectivity index (χ2n) is 5.87. The molecule has 1 aromatic carbocycles. The van der Waals surface area contributed by atoms with Gasteiger partial charge in [0.15, 0.2) is 0 Å². The maximum absolute atomic E-state index is 14.3. The summed E-state index contributed by atoms with van der Waals surface area (Å²) in [5.41, 5.74) is 4.37. The number of likely N-dealkylation sites (N-methyl/N-ethyl adjacent to an activating group) is 1. The third-order valence-electron chi connectivity index (χ3n) is 4.34. The van der Waals surface area contributed by atoms with Gasteiger partial charge in [-0.3, -0.25) is 4.98 Å². The molecule has 0 unspecified atom stereocenters. The Labute approximate surface area is 152 Å². The Bertz CT molecular complexity index is 900. The minimum absolute atomic E-state index is 0.135. The van der Waals surface area contributed by atoms with Crippen molar-refractivity contribution in [3.8, 4) is 11.1 Å². The van der Waals surface area contributed by atoms with Crippen LogP contribution in [-0.4, -0.2) is 29.4 Å². The van der Waals surface area contributed by atoms with E-state index in [-0.39, 0.29) is 12.4 Å². The first kappa shape index (κ1) is 17.7. The fraction of sp³-hybridized carbons (Fsp3) is 0.250. The fourth-order valence-corrected chi connectivity index (χ4v) is 3.54. The van der Waals surface area contributed by atoms with E-state index < -0.39 is 0 Å². The van der Waals surface area contributed by atoms with Crippen molar-refractivity contribution < 1.29 is 4.39 Å². The first-order valence-corrected chi connectivity index (χ1v) is 9.44. The molecule has 0 spiro atoms. The Morgan fingerprint density at radius 2 is 2.04 bits per heavy atom. The summed E-state index contributed by atoms with van der Waals surface area (Å²) in [6.07, 6.45) is 7.25. The zero-order chi connectivity index (χ0) is 17.8. The van der Waals surface area contributed by atoms with Crippen molar-refractivity contribution in [1.29, 1.82) is 0 Å². The van der Waals surface area contributed by atoms with Crippen LogP contribution in [0.25, 0.3) is 22.0 Å². The van der Waals surface area contributed by atoms with Gasteiger partial charge in [0, 0.05) is 46.0 Å². The van der Waals surface area contributed by atoms with Crippen LogP contribution in [0, 0.1) is 6.92 Å². The number of hydrogen-bond donors (Lipinski definition) is 1. The second-order valence-corrected chi connectivity index (χ2v) is 6.75. The van der Waals surface area contributed by atoms with Crippen LogP contribution in [0.3, 0.4) is 0 Å². The number of nitrogens with zero attached hydrogens (tertiary/aromatic N) is 2. The van der Waals surface area contributed by atoms with Crippen molar-refractivity contribution in [3.05, 3.63) is 60.3 Å². The summed E-state index contributed by atoms with van der Waals surface area (Å²) in [6.45, 7) is 2.82. The topological polar surface area (TPSA) is 29.9 Å². The smallest absolute Gasteiger partial charge is 0.117 e. The maximum Gasteiger partial charge on any atom is 0.117 e. The second kappa shape index (κ2) is 7.85. The molecule has 0 fully saturated rings. The highest BCUT2D eigenvalue weighted by Gasteiger charge is 2.17. The van der Waals surface area contributed by atoms with Crippen LogP contribution >= 0.6 is 11.8 Å². The van der Waals surface area contributed by atoms with Crippen LogP contribution in [-0.2, 0) is 6.54 Å². The number of pyridine rings is 1. The quantitative estimate of drug-likeness (QED) is 0.644. The van der Waals surface area contributed by atoms with Crippen LogP contribution < -0.4 is 5.32 Å². The minimum atomic E-state index is -0.135. The molecule has 0 atom stereocenters. The number of thioether (sulfide) groups is 1. The van der Waals surface area contributed by atoms with Crippen molar-refractivity contribution in [2.45, 2.75) is 18.4 Å². The van der Waals surface area contributed by atoms with E-state index in [2.05, 4.69) is 46.2 Å². The molecular formula is C20H22FN3S. The number of allylic oxidation sites excluding steroid dienone is 1. The summed E-state index contributed by atoms with van der Waals surface area (Å²) in [4.78, 5) is 5.32. The van der Waals surface area contributed by atoms with Gasteiger partial charge < -0.3 is 9.88 Å². The highest BCUT2D eigenvalue weighted by molar-refractivity contribution is 7.98. The molecule has 0 radical (unpaired) electrons. The van der Waals surface area contributed by atoms with Crippen LogP contribution in [0.5, 0.6) is 0 Å². The molecule has 130 valence electrons. The Hall–Kier alpha value is -2.11. The lowest BCUT2D eigenvalue weighted by Gasteiger charge is -2.08. The van der Waals surface area contributed by atoms with E-state index >= 15 is 0 Å². The lowest BCUT2D eigenvalue weighted by atomic mass is 10.0. The third-order valence-corrected chi connectivity index (χ3v) is 5.06. The molecule has 1 N–H and O–H groups in total. The summed E-state index contributed by atoms with van der Waals surface area (Å²) >= 11 is 1.71. The van der Waals surface area contributed by atoms with Crippen molar-refractivity contribution in [2.24, 2.45) is 0 Å². The van der Waals surface area contributed by atoms with E-state index in [0.717, 1.165) is 27.7 Å². The average Bonchev–Trinajstić information content (AvgIpc) is 2.91. The van der Waals surface area contributed by atoms with Gasteiger partial charge in [-0.25, -0.2) is 4.39 Å². The van der Waals surface area contributed by atoms with Crippen LogP contribution in [0.2, 0.25) is 0 Å². The Kier molecular flexibility index (Phi) is 5.56. The molecule has 0 aliphatic carbocycles. The van der Waals surface area contributed by atoms with E-state index in [1.165, 1.54) is 4.90 Å². The molecular weight excluding hydrogens is 333 g/mol. The van der Waals surface area contributed by atoms with Crippen molar-refractivity contribution in [1.82, 2.24) is 14.9 Å².